The standard InChI is InChI=1S/C14H12N2O5/c1-21-10-7-5-9(6-8-10)15-14(18)11-3-2-4-12(13(11)17)16(19)20/h2-8,17H,1H3,(H,15,18). The molecular weight excluding hydrogens is 276 g/mol. The van der Waals surface area contributed by atoms with E-state index in [-0.39, 0.29) is 5.56 Å². The van der Waals surface area contributed by atoms with E-state index in [1.807, 2.05) is 0 Å². The monoisotopic (exact) mass is 288 g/mol. The first-order valence-electron chi connectivity index (χ1n) is 5.94. The van der Waals surface area contributed by atoms with Crippen LogP contribution in [0.25, 0.3) is 0 Å². The van der Waals surface area contributed by atoms with Crippen molar-refractivity contribution in [2.24, 2.45) is 0 Å². The molecule has 2 aromatic rings. The number of carbonyl (C=O) groups is 1. The van der Waals surface area contributed by atoms with Crippen LogP contribution in [0.5, 0.6) is 11.5 Å². The van der Waals surface area contributed by atoms with E-state index in [0.717, 1.165) is 6.07 Å². The van der Waals surface area contributed by atoms with Crippen LogP contribution in [0.3, 0.4) is 0 Å². The molecule has 0 spiro atoms. The van der Waals surface area contributed by atoms with E-state index in [4.69, 9.17) is 4.74 Å². The summed E-state index contributed by atoms with van der Waals surface area (Å²) in [5.41, 5.74) is -0.205. The molecule has 0 saturated carbocycles. The summed E-state index contributed by atoms with van der Waals surface area (Å²) in [5, 5.41) is 23.0. The Morgan fingerprint density at radius 2 is 1.90 bits per heavy atom. The Bertz CT molecular complexity index is 682. The zero-order valence-electron chi connectivity index (χ0n) is 11.1. The number of methoxy groups -OCH3 is 1. The van der Waals surface area contributed by atoms with Crippen LogP contribution in [-0.2, 0) is 0 Å². The van der Waals surface area contributed by atoms with Crippen molar-refractivity contribution in [2.45, 2.75) is 0 Å². The van der Waals surface area contributed by atoms with Gasteiger partial charge < -0.3 is 15.2 Å². The van der Waals surface area contributed by atoms with E-state index in [9.17, 15) is 20.0 Å². The van der Waals surface area contributed by atoms with E-state index in [0.29, 0.717) is 11.4 Å². The third-order valence-electron chi connectivity index (χ3n) is 2.80. The second kappa shape index (κ2) is 5.91. The Hall–Kier alpha value is -3.09. The number of nitrogens with zero attached hydrogens (tertiary/aromatic N) is 1. The smallest absolute Gasteiger partial charge is 0.311 e. The summed E-state index contributed by atoms with van der Waals surface area (Å²) in [5.74, 6) is -0.666. The van der Waals surface area contributed by atoms with Gasteiger partial charge in [-0.05, 0) is 30.3 Å². The molecule has 2 rings (SSSR count). The fourth-order valence-electron chi connectivity index (χ4n) is 1.73. The summed E-state index contributed by atoms with van der Waals surface area (Å²) in [4.78, 5) is 22.0. The summed E-state index contributed by atoms with van der Waals surface area (Å²) < 4.78 is 4.99. The highest BCUT2D eigenvalue weighted by molar-refractivity contribution is 6.06. The number of nitro groups is 1. The Morgan fingerprint density at radius 3 is 2.48 bits per heavy atom. The van der Waals surface area contributed by atoms with Gasteiger partial charge in [-0.1, -0.05) is 6.07 Å². The zero-order valence-corrected chi connectivity index (χ0v) is 11.1. The van der Waals surface area contributed by atoms with Gasteiger partial charge in [-0.3, -0.25) is 14.9 Å². The molecule has 7 heteroatoms. The van der Waals surface area contributed by atoms with Crippen molar-refractivity contribution >= 4 is 17.3 Å². The lowest BCUT2D eigenvalue weighted by Gasteiger charge is -2.07. The highest BCUT2D eigenvalue weighted by Crippen LogP contribution is 2.29. The topological polar surface area (TPSA) is 102 Å². The van der Waals surface area contributed by atoms with Gasteiger partial charge in [0, 0.05) is 11.8 Å². The molecule has 0 atom stereocenters. The Kier molecular flexibility index (Phi) is 4.03. The third-order valence-corrected chi connectivity index (χ3v) is 2.80. The van der Waals surface area contributed by atoms with Gasteiger partial charge in [0.05, 0.1) is 17.6 Å². The molecule has 0 bridgehead atoms. The number of hydrogen-bond acceptors (Lipinski definition) is 5. The number of phenols is 1. The lowest BCUT2D eigenvalue weighted by atomic mass is 10.1. The van der Waals surface area contributed by atoms with E-state index in [2.05, 4.69) is 5.32 Å². The van der Waals surface area contributed by atoms with Crippen LogP contribution < -0.4 is 10.1 Å². The number of ether oxygens (including phenoxy) is 1. The number of phenolic OH excluding ortho intramolecular Hbond substituents is 1. The van der Waals surface area contributed by atoms with Crippen molar-refractivity contribution in [1.82, 2.24) is 0 Å². The molecule has 0 aliphatic carbocycles. The lowest BCUT2D eigenvalue weighted by molar-refractivity contribution is -0.385. The zero-order chi connectivity index (χ0) is 15.4. The molecular formula is C14H12N2O5. The molecule has 0 fully saturated rings. The third kappa shape index (κ3) is 3.08. The highest BCUT2D eigenvalue weighted by atomic mass is 16.6. The van der Waals surface area contributed by atoms with Gasteiger partial charge >= 0.3 is 5.69 Å². The Labute approximate surface area is 119 Å². The number of amides is 1. The van der Waals surface area contributed by atoms with Crippen molar-refractivity contribution in [2.75, 3.05) is 12.4 Å². The number of aromatic hydroxyl groups is 1. The van der Waals surface area contributed by atoms with Gasteiger partial charge in [-0.25, -0.2) is 0 Å². The normalized spacial score (nSPS) is 9.95. The maximum absolute atomic E-state index is 12.0. The van der Waals surface area contributed by atoms with E-state index in [1.54, 1.807) is 24.3 Å². The molecule has 1 amide bonds. The van der Waals surface area contributed by atoms with E-state index >= 15 is 0 Å². The van der Waals surface area contributed by atoms with Gasteiger partial charge in [0.15, 0.2) is 0 Å². The molecule has 2 N–H and O–H groups in total. The van der Waals surface area contributed by atoms with Crippen LogP contribution in [0.2, 0.25) is 0 Å². The fraction of sp³-hybridized carbons (Fsp3) is 0.0714. The Balaban J connectivity index is 2.24. The van der Waals surface area contributed by atoms with Crippen molar-refractivity contribution < 1.29 is 19.6 Å². The minimum absolute atomic E-state index is 0.167. The number of benzene rings is 2. The summed E-state index contributed by atoms with van der Waals surface area (Å²) >= 11 is 0. The predicted molar refractivity (Wildman–Crippen MR) is 75.7 cm³/mol. The molecule has 108 valence electrons. The first-order chi connectivity index (χ1) is 10.0. The van der Waals surface area contributed by atoms with Gasteiger partial charge in [-0.15, -0.1) is 0 Å². The van der Waals surface area contributed by atoms with E-state index in [1.165, 1.54) is 19.2 Å². The fourth-order valence-corrected chi connectivity index (χ4v) is 1.73. The maximum Gasteiger partial charge on any atom is 0.311 e. The van der Waals surface area contributed by atoms with Crippen LogP contribution in [0, 0.1) is 10.1 Å². The van der Waals surface area contributed by atoms with Crippen molar-refractivity contribution in [3.63, 3.8) is 0 Å². The molecule has 0 aromatic heterocycles. The van der Waals surface area contributed by atoms with Gasteiger partial charge in [-0.2, -0.15) is 0 Å². The van der Waals surface area contributed by atoms with Crippen molar-refractivity contribution in [3.05, 3.63) is 58.1 Å². The van der Waals surface area contributed by atoms with Gasteiger partial charge in [0.2, 0.25) is 5.75 Å². The summed E-state index contributed by atoms with van der Waals surface area (Å²) in [6.07, 6.45) is 0. The first-order valence-corrected chi connectivity index (χ1v) is 5.94. The molecule has 2 aromatic carbocycles. The van der Waals surface area contributed by atoms with Crippen LogP contribution >= 0.6 is 0 Å². The van der Waals surface area contributed by atoms with Crippen LogP contribution in [0.4, 0.5) is 11.4 Å². The molecule has 0 aliphatic rings. The average Bonchev–Trinajstić information content (AvgIpc) is 2.47. The van der Waals surface area contributed by atoms with Crippen LogP contribution in [-0.4, -0.2) is 23.0 Å². The molecule has 21 heavy (non-hydrogen) atoms. The predicted octanol–water partition coefficient (Wildman–Crippen LogP) is 2.56. The number of nitro benzene ring substituents is 1. The van der Waals surface area contributed by atoms with Crippen molar-refractivity contribution in [1.29, 1.82) is 0 Å². The molecule has 0 heterocycles. The lowest BCUT2D eigenvalue weighted by Crippen LogP contribution is -2.12. The van der Waals surface area contributed by atoms with Crippen LogP contribution in [0.1, 0.15) is 10.4 Å². The molecule has 7 nitrogen and oxygen atoms in total. The molecule has 0 aliphatic heterocycles. The molecule has 0 unspecified atom stereocenters. The quantitative estimate of drug-likeness (QED) is 0.665. The second-order valence-electron chi connectivity index (χ2n) is 4.11. The first kappa shape index (κ1) is 14.3. The average molecular weight is 288 g/mol. The number of carbonyl (C=O) groups excluding carboxylic acids is 1. The van der Waals surface area contributed by atoms with Crippen LogP contribution in [0.15, 0.2) is 42.5 Å². The second-order valence-corrected chi connectivity index (χ2v) is 4.11. The van der Waals surface area contributed by atoms with Gasteiger partial charge in [0.1, 0.15) is 5.75 Å². The number of hydrogen-bond donors (Lipinski definition) is 2. The molecule has 0 saturated heterocycles. The summed E-state index contributed by atoms with van der Waals surface area (Å²) in [6, 6.07) is 10.3. The maximum atomic E-state index is 12.0. The summed E-state index contributed by atoms with van der Waals surface area (Å²) in [6.45, 7) is 0. The van der Waals surface area contributed by atoms with Gasteiger partial charge in [0.25, 0.3) is 5.91 Å². The number of anilines is 1. The highest BCUT2D eigenvalue weighted by Gasteiger charge is 2.20. The SMILES string of the molecule is COc1ccc(NC(=O)c2cccc([N+](=O)[O-])c2O)cc1. The number of rotatable bonds is 4. The number of para-hydroxylation sites is 1. The largest absolute Gasteiger partial charge is 0.502 e. The number of nitrogens with one attached hydrogen (secondary N) is 1. The molecule has 0 radical (unpaired) electrons. The minimum atomic E-state index is -0.751. The Morgan fingerprint density at radius 1 is 1.24 bits per heavy atom. The summed E-state index contributed by atoms with van der Waals surface area (Å²) in [7, 11) is 1.52. The van der Waals surface area contributed by atoms with Crippen molar-refractivity contribution in [3.8, 4) is 11.5 Å². The van der Waals surface area contributed by atoms with E-state index < -0.39 is 22.3 Å². The minimum Gasteiger partial charge on any atom is -0.502 e.